The highest BCUT2D eigenvalue weighted by Gasteiger charge is 2.33. The van der Waals surface area contributed by atoms with Gasteiger partial charge in [0.05, 0.1) is 17.1 Å². The van der Waals surface area contributed by atoms with Crippen LogP contribution in [0.5, 0.6) is 0 Å². The normalized spacial score (nSPS) is 18.8. The van der Waals surface area contributed by atoms with Gasteiger partial charge in [0, 0.05) is 19.6 Å². The molecule has 1 unspecified atom stereocenters. The van der Waals surface area contributed by atoms with Gasteiger partial charge < -0.3 is 10.4 Å². The smallest absolute Gasteiger partial charge is 0.309 e. The maximum absolute atomic E-state index is 12.7. The number of amides is 1. The van der Waals surface area contributed by atoms with Crippen LogP contribution in [0.4, 0.5) is 0 Å². The van der Waals surface area contributed by atoms with Gasteiger partial charge in [-0.05, 0) is 38.7 Å². The molecule has 1 fully saturated rings. The van der Waals surface area contributed by atoms with Crippen LogP contribution in [-0.4, -0.2) is 49.3 Å². The zero-order chi connectivity index (χ0) is 20.1. The van der Waals surface area contributed by atoms with Crippen molar-refractivity contribution in [1.29, 1.82) is 0 Å². The molecule has 0 radical (unpaired) electrons. The number of sulfonamides is 1. The molecule has 150 valence electrons. The second-order valence-corrected chi connectivity index (χ2v) is 9.64. The van der Waals surface area contributed by atoms with Crippen LogP contribution in [0.3, 0.4) is 0 Å². The van der Waals surface area contributed by atoms with Crippen LogP contribution in [0.2, 0.25) is 0 Å². The fourth-order valence-corrected chi connectivity index (χ4v) is 4.65. The number of carboxylic acids is 1. The lowest BCUT2D eigenvalue weighted by atomic mass is 9.89. The molecule has 1 aliphatic heterocycles. The molecule has 0 saturated carbocycles. The topological polar surface area (TPSA) is 104 Å². The second-order valence-electron chi connectivity index (χ2n) is 7.67. The summed E-state index contributed by atoms with van der Waals surface area (Å²) < 4.78 is 26.7. The molecule has 0 bridgehead atoms. The number of rotatable bonds is 8. The molecule has 0 spiro atoms. The maximum atomic E-state index is 12.7. The summed E-state index contributed by atoms with van der Waals surface area (Å²) in [7, 11) is -3.48. The van der Waals surface area contributed by atoms with Crippen LogP contribution in [0.15, 0.2) is 30.3 Å². The van der Waals surface area contributed by atoms with Gasteiger partial charge in [0.15, 0.2) is 0 Å². The second kappa shape index (κ2) is 8.84. The Kier molecular flexibility index (Phi) is 7.00. The number of carbonyl (C=O) groups excluding carboxylic acids is 1. The summed E-state index contributed by atoms with van der Waals surface area (Å²) in [5.74, 6) is -1.60. The van der Waals surface area contributed by atoms with E-state index in [1.54, 1.807) is 38.1 Å². The van der Waals surface area contributed by atoms with Crippen LogP contribution >= 0.6 is 0 Å². The number of nitrogens with one attached hydrogen (secondary N) is 1. The van der Waals surface area contributed by atoms with E-state index < -0.39 is 27.3 Å². The predicted octanol–water partition coefficient (Wildman–Crippen LogP) is 1.85. The Bertz CT molecular complexity index is 762. The molecule has 0 aromatic heterocycles. The van der Waals surface area contributed by atoms with Crippen molar-refractivity contribution >= 4 is 21.9 Å². The molecule has 1 saturated heterocycles. The Labute approximate surface area is 160 Å². The largest absolute Gasteiger partial charge is 0.481 e. The third-order valence-electron chi connectivity index (χ3n) is 4.97. The van der Waals surface area contributed by atoms with Crippen molar-refractivity contribution in [2.45, 2.75) is 38.9 Å². The van der Waals surface area contributed by atoms with Gasteiger partial charge in [-0.3, -0.25) is 9.59 Å². The molecular weight excluding hydrogens is 368 g/mol. The van der Waals surface area contributed by atoms with Crippen molar-refractivity contribution in [2.75, 3.05) is 19.6 Å². The van der Waals surface area contributed by atoms with Gasteiger partial charge in [-0.1, -0.05) is 30.3 Å². The van der Waals surface area contributed by atoms with E-state index in [1.807, 2.05) is 6.07 Å². The summed E-state index contributed by atoms with van der Waals surface area (Å²) in [5.41, 5.74) is -0.190. The van der Waals surface area contributed by atoms with Gasteiger partial charge in [-0.25, -0.2) is 12.7 Å². The Balaban J connectivity index is 1.91. The van der Waals surface area contributed by atoms with E-state index in [4.69, 9.17) is 5.11 Å². The van der Waals surface area contributed by atoms with E-state index >= 15 is 0 Å². The van der Waals surface area contributed by atoms with Gasteiger partial charge in [-0.15, -0.1) is 0 Å². The fraction of sp³-hybridized carbons (Fsp3) is 0.579. The van der Waals surface area contributed by atoms with Gasteiger partial charge in [0.25, 0.3) is 0 Å². The Morgan fingerprint density at radius 1 is 1.26 bits per heavy atom. The van der Waals surface area contributed by atoms with E-state index in [2.05, 4.69) is 5.32 Å². The summed E-state index contributed by atoms with van der Waals surface area (Å²) >= 11 is 0. The van der Waals surface area contributed by atoms with E-state index in [0.29, 0.717) is 25.8 Å². The van der Waals surface area contributed by atoms with Crippen molar-refractivity contribution in [2.24, 2.45) is 11.3 Å². The van der Waals surface area contributed by atoms with Crippen LogP contribution in [0.25, 0.3) is 0 Å². The standard InChI is InChI=1S/C19H28N2O5S/c1-19(2,18(23)24)10-11-20-17(22)16-9-6-12-21(13-16)27(25,26)14-15-7-4-3-5-8-15/h3-5,7-8,16H,6,9-14H2,1-2H3,(H,20,22)(H,23,24). The van der Waals surface area contributed by atoms with Crippen molar-refractivity contribution in [3.8, 4) is 0 Å². The molecule has 0 aliphatic carbocycles. The monoisotopic (exact) mass is 396 g/mol. The molecule has 2 N–H and O–H groups in total. The molecule has 1 heterocycles. The minimum Gasteiger partial charge on any atom is -0.481 e. The van der Waals surface area contributed by atoms with Gasteiger partial charge >= 0.3 is 5.97 Å². The molecular formula is C19H28N2O5S. The van der Waals surface area contributed by atoms with Crippen LogP contribution in [0.1, 0.15) is 38.7 Å². The number of carboxylic acid groups (broad SMARTS) is 1. The quantitative estimate of drug-likeness (QED) is 0.698. The highest BCUT2D eigenvalue weighted by Crippen LogP contribution is 2.23. The van der Waals surface area contributed by atoms with Crippen molar-refractivity contribution < 1.29 is 23.1 Å². The average Bonchev–Trinajstić information content (AvgIpc) is 2.62. The lowest BCUT2D eigenvalue weighted by Crippen LogP contribution is -2.46. The molecule has 1 amide bonds. The maximum Gasteiger partial charge on any atom is 0.309 e. The Morgan fingerprint density at radius 3 is 2.56 bits per heavy atom. The Hall–Kier alpha value is -1.93. The van der Waals surface area contributed by atoms with Gasteiger partial charge in [-0.2, -0.15) is 0 Å². The number of nitrogens with zero attached hydrogens (tertiary/aromatic N) is 1. The highest BCUT2D eigenvalue weighted by atomic mass is 32.2. The first-order chi connectivity index (χ1) is 12.6. The lowest BCUT2D eigenvalue weighted by molar-refractivity contribution is -0.147. The summed E-state index contributed by atoms with van der Waals surface area (Å²) in [6.07, 6.45) is 1.58. The van der Waals surface area contributed by atoms with Gasteiger partial charge in [0.1, 0.15) is 0 Å². The van der Waals surface area contributed by atoms with Crippen molar-refractivity contribution in [3.63, 3.8) is 0 Å². The minimum absolute atomic E-state index is 0.0744. The average molecular weight is 397 g/mol. The molecule has 1 aromatic rings. The van der Waals surface area contributed by atoms with E-state index in [1.165, 1.54) is 4.31 Å². The zero-order valence-corrected chi connectivity index (χ0v) is 16.7. The predicted molar refractivity (Wildman–Crippen MR) is 102 cm³/mol. The number of benzene rings is 1. The number of piperidine rings is 1. The summed E-state index contributed by atoms with van der Waals surface area (Å²) in [5, 5.41) is 11.9. The third-order valence-corrected chi connectivity index (χ3v) is 6.78. The molecule has 7 nitrogen and oxygen atoms in total. The number of hydrogen-bond acceptors (Lipinski definition) is 4. The molecule has 1 aromatic carbocycles. The minimum atomic E-state index is -3.48. The zero-order valence-electron chi connectivity index (χ0n) is 15.8. The molecule has 1 atom stereocenters. The SMILES string of the molecule is CC(C)(CCNC(=O)C1CCCN(S(=O)(=O)Cc2ccccc2)C1)C(=O)O. The van der Waals surface area contributed by atoms with Crippen molar-refractivity contribution in [3.05, 3.63) is 35.9 Å². The van der Waals surface area contributed by atoms with Crippen LogP contribution in [0, 0.1) is 11.3 Å². The first-order valence-electron chi connectivity index (χ1n) is 9.15. The first-order valence-corrected chi connectivity index (χ1v) is 10.8. The summed E-state index contributed by atoms with van der Waals surface area (Å²) in [6, 6.07) is 8.99. The van der Waals surface area contributed by atoms with E-state index in [-0.39, 0.29) is 24.7 Å². The van der Waals surface area contributed by atoms with Gasteiger partial charge in [0.2, 0.25) is 15.9 Å². The lowest BCUT2D eigenvalue weighted by Gasteiger charge is -2.31. The van der Waals surface area contributed by atoms with E-state index in [9.17, 15) is 18.0 Å². The number of carbonyl (C=O) groups is 2. The Morgan fingerprint density at radius 2 is 1.93 bits per heavy atom. The molecule has 2 rings (SSSR count). The number of hydrogen-bond donors (Lipinski definition) is 2. The number of aliphatic carboxylic acids is 1. The summed E-state index contributed by atoms with van der Waals surface area (Å²) in [6.45, 7) is 4.07. The molecule has 27 heavy (non-hydrogen) atoms. The van der Waals surface area contributed by atoms with E-state index in [0.717, 1.165) is 5.56 Å². The van der Waals surface area contributed by atoms with Crippen LogP contribution in [-0.2, 0) is 25.4 Å². The van der Waals surface area contributed by atoms with Crippen molar-refractivity contribution in [1.82, 2.24) is 9.62 Å². The molecule has 1 aliphatic rings. The third kappa shape index (κ3) is 6.04. The van der Waals surface area contributed by atoms with Crippen LogP contribution < -0.4 is 5.32 Å². The first kappa shape index (κ1) is 21.4. The molecule has 8 heteroatoms. The highest BCUT2D eigenvalue weighted by molar-refractivity contribution is 7.88. The fourth-order valence-electron chi connectivity index (χ4n) is 3.03. The summed E-state index contributed by atoms with van der Waals surface area (Å²) in [4.78, 5) is 23.5.